The van der Waals surface area contributed by atoms with Crippen molar-refractivity contribution in [3.63, 3.8) is 0 Å². The number of methoxy groups -OCH3 is 1. The first-order valence-electron chi connectivity index (χ1n) is 6.14. The molecular weight excluding hydrogens is 231 g/mol. The van der Waals surface area contributed by atoms with E-state index in [4.69, 9.17) is 10.6 Å². The molecule has 0 spiro atoms. The summed E-state index contributed by atoms with van der Waals surface area (Å²) in [7, 11) is 1.69. The van der Waals surface area contributed by atoms with Gasteiger partial charge in [-0.15, -0.1) is 0 Å². The van der Waals surface area contributed by atoms with Crippen molar-refractivity contribution in [2.24, 2.45) is 5.84 Å². The molecule has 1 unspecified atom stereocenters. The first-order valence-corrected chi connectivity index (χ1v) is 6.14. The first kappa shape index (κ1) is 15.1. The number of hydrogen-bond donors (Lipinski definition) is 2. The number of hydrogen-bond acceptors (Lipinski definition) is 3. The number of aryl methyl sites for hydroxylation is 1. The van der Waals surface area contributed by atoms with E-state index in [-0.39, 0.29) is 17.5 Å². The molecule has 1 atom stereocenters. The van der Waals surface area contributed by atoms with Gasteiger partial charge in [0.2, 0.25) is 0 Å². The fourth-order valence-corrected chi connectivity index (χ4v) is 2.02. The van der Waals surface area contributed by atoms with Gasteiger partial charge in [0.1, 0.15) is 5.82 Å². The number of ether oxygens (including phenoxy) is 1. The summed E-state index contributed by atoms with van der Waals surface area (Å²) in [5.41, 5.74) is 4.63. The highest BCUT2D eigenvalue weighted by atomic mass is 19.1. The maximum absolute atomic E-state index is 13.0. The predicted molar refractivity (Wildman–Crippen MR) is 71.7 cm³/mol. The van der Waals surface area contributed by atoms with E-state index < -0.39 is 0 Å². The van der Waals surface area contributed by atoms with Crippen LogP contribution >= 0.6 is 0 Å². The molecule has 0 heterocycles. The molecule has 0 amide bonds. The highest BCUT2D eigenvalue weighted by Crippen LogP contribution is 2.19. The monoisotopic (exact) mass is 254 g/mol. The van der Waals surface area contributed by atoms with Gasteiger partial charge >= 0.3 is 0 Å². The molecule has 0 aliphatic rings. The van der Waals surface area contributed by atoms with Crippen LogP contribution < -0.4 is 11.3 Å². The van der Waals surface area contributed by atoms with Gasteiger partial charge in [-0.1, -0.05) is 6.07 Å². The van der Waals surface area contributed by atoms with Crippen LogP contribution in [0.1, 0.15) is 31.4 Å². The molecule has 102 valence electrons. The van der Waals surface area contributed by atoms with Crippen LogP contribution in [0.5, 0.6) is 0 Å². The van der Waals surface area contributed by atoms with Gasteiger partial charge in [0.05, 0.1) is 5.60 Å². The van der Waals surface area contributed by atoms with E-state index in [0.29, 0.717) is 0 Å². The topological polar surface area (TPSA) is 47.3 Å². The molecule has 1 aromatic rings. The van der Waals surface area contributed by atoms with E-state index in [1.54, 1.807) is 13.2 Å². The van der Waals surface area contributed by atoms with Gasteiger partial charge in [0.25, 0.3) is 0 Å². The standard InChI is InChI=1S/C14H23FN2O/c1-10-7-12(15)6-5-11(10)8-13(17-16)9-14(2,3)18-4/h5-7,13,17H,8-9,16H2,1-4H3. The van der Waals surface area contributed by atoms with Crippen molar-refractivity contribution in [1.82, 2.24) is 5.43 Å². The molecule has 0 saturated carbocycles. The van der Waals surface area contributed by atoms with E-state index >= 15 is 0 Å². The van der Waals surface area contributed by atoms with Crippen LogP contribution in [-0.4, -0.2) is 18.8 Å². The SMILES string of the molecule is COC(C)(C)CC(Cc1ccc(F)cc1C)NN. The summed E-state index contributed by atoms with van der Waals surface area (Å²) >= 11 is 0. The second kappa shape index (κ2) is 6.27. The minimum Gasteiger partial charge on any atom is -0.379 e. The molecule has 0 fully saturated rings. The number of halogens is 1. The summed E-state index contributed by atoms with van der Waals surface area (Å²) in [6, 6.07) is 4.94. The van der Waals surface area contributed by atoms with Gasteiger partial charge in [-0.05, 0) is 56.9 Å². The summed E-state index contributed by atoms with van der Waals surface area (Å²) in [6.45, 7) is 5.96. The minimum absolute atomic E-state index is 0.101. The van der Waals surface area contributed by atoms with Crippen molar-refractivity contribution in [3.8, 4) is 0 Å². The van der Waals surface area contributed by atoms with Gasteiger partial charge in [0, 0.05) is 13.2 Å². The van der Waals surface area contributed by atoms with Crippen LogP contribution in [-0.2, 0) is 11.2 Å². The van der Waals surface area contributed by atoms with Crippen LogP contribution in [0.15, 0.2) is 18.2 Å². The molecule has 0 saturated heterocycles. The first-order chi connectivity index (χ1) is 8.38. The molecule has 18 heavy (non-hydrogen) atoms. The Bertz CT molecular complexity index is 393. The summed E-state index contributed by atoms with van der Waals surface area (Å²) in [6.07, 6.45) is 1.55. The quantitative estimate of drug-likeness (QED) is 0.605. The zero-order chi connectivity index (χ0) is 13.8. The maximum Gasteiger partial charge on any atom is 0.123 e. The Hall–Kier alpha value is -0.970. The normalized spacial score (nSPS) is 13.7. The zero-order valence-corrected chi connectivity index (χ0v) is 11.6. The smallest absolute Gasteiger partial charge is 0.123 e. The number of rotatable bonds is 6. The second-order valence-electron chi connectivity index (χ2n) is 5.31. The fraction of sp³-hybridized carbons (Fsp3) is 0.571. The molecular formula is C14H23FN2O. The van der Waals surface area contributed by atoms with E-state index in [1.807, 2.05) is 26.8 Å². The lowest BCUT2D eigenvalue weighted by Crippen LogP contribution is -2.42. The molecule has 0 aliphatic carbocycles. The van der Waals surface area contributed by atoms with Crippen molar-refractivity contribution < 1.29 is 9.13 Å². The molecule has 4 heteroatoms. The molecule has 1 rings (SSSR count). The average Bonchev–Trinajstić information content (AvgIpc) is 2.31. The molecule has 0 aliphatic heterocycles. The molecule has 3 nitrogen and oxygen atoms in total. The molecule has 0 bridgehead atoms. The van der Waals surface area contributed by atoms with E-state index in [1.165, 1.54) is 6.07 Å². The van der Waals surface area contributed by atoms with Crippen LogP contribution in [0.2, 0.25) is 0 Å². The van der Waals surface area contributed by atoms with Gasteiger partial charge in [0.15, 0.2) is 0 Å². The Kier molecular flexibility index (Phi) is 5.26. The predicted octanol–water partition coefficient (Wildman–Crippen LogP) is 2.32. The lowest BCUT2D eigenvalue weighted by atomic mass is 9.93. The lowest BCUT2D eigenvalue weighted by Gasteiger charge is -2.28. The van der Waals surface area contributed by atoms with E-state index in [9.17, 15) is 4.39 Å². The highest BCUT2D eigenvalue weighted by molar-refractivity contribution is 5.27. The molecule has 0 radical (unpaired) electrons. The Morgan fingerprint density at radius 1 is 1.44 bits per heavy atom. The Morgan fingerprint density at radius 2 is 2.11 bits per heavy atom. The maximum atomic E-state index is 13.0. The van der Waals surface area contributed by atoms with Crippen molar-refractivity contribution in [2.45, 2.75) is 45.3 Å². The number of nitrogens with one attached hydrogen (secondary N) is 1. The van der Waals surface area contributed by atoms with E-state index in [0.717, 1.165) is 24.0 Å². The summed E-state index contributed by atoms with van der Waals surface area (Å²) in [5, 5.41) is 0. The summed E-state index contributed by atoms with van der Waals surface area (Å²) in [5.74, 6) is 5.38. The molecule has 0 aromatic heterocycles. The third-order valence-corrected chi connectivity index (χ3v) is 3.30. The fourth-order valence-electron chi connectivity index (χ4n) is 2.02. The third kappa shape index (κ3) is 4.37. The van der Waals surface area contributed by atoms with Crippen molar-refractivity contribution in [3.05, 3.63) is 35.1 Å². The van der Waals surface area contributed by atoms with Gasteiger partial charge in [-0.2, -0.15) is 0 Å². The Labute approximate surface area is 108 Å². The van der Waals surface area contributed by atoms with Crippen molar-refractivity contribution in [2.75, 3.05) is 7.11 Å². The van der Waals surface area contributed by atoms with Gasteiger partial charge in [-0.25, -0.2) is 4.39 Å². The Balaban J connectivity index is 2.74. The number of benzene rings is 1. The average molecular weight is 254 g/mol. The van der Waals surface area contributed by atoms with Crippen LogP contribution in [0.4, 0.5) is 4.39 Å². The molecule has 3 N–H and O–H groups in total. The van der Waals surface area contributed by atoms with Crippen LogP contribution in [0.25, 0.3) is 0 Å². The van der Waals surface area contributed by atoms with Gasteiger partial charge in [-0.3, -0.25) is 11.3 Å². The number of hydrazine groups is 1. The van der Waals surface area contributed by atoms with Crippen LogP contribution in [0, 0.1) is 12.7 Å². The van der Waals surface area contributed by atoms with Crippen molar-refractivity contribution in [1.29, 1.82) is 0 Å². The largest absolute Gasteiger partial charge is 0.379 e. The number of nitrogens with two attached hydrogens (primary N) is 1. The highest BCUT2D eigenvalue weighted by Gasteiger charge is 2.22. The summed E-state index contributed by atoms with van der Waals surface area (Å²) in [4.78, 5) is 0. The second-order valence-corrected chi connectivity index (χ2v) is 5.31. The lowest BCUT2D eigenvalue weighted by molar-refractivity contribution is 0.00709. The minimum atomic E-state index is -0.231. The molecule has 1 aromatic carbocycles. The zero-order valence-electron chi connectivity index (χ0n) is 11.6. The summed E-state index contributed by atoms with van der Waals surface area (Å²) < 4.78 is 18.4. The van der Waals surface area contributed by atoms with E-state index in [2.05, 4.69) is 5.43 Å². The third-order valence-electron chi connectivity index (χ3n) is 3.30. The van der Waals surface area contributed by atoms with Gasteiger partial charge < -0.3 is 4.74 Å². The Morgan fingerprint density at radius 3 is 2.61 bits per heavy atom. The van der Waals surface area contributed by atoms with Crippen molar-refractivity contribution >= 4 is 0 Å². The van der Waals surface area contributed by atoms with Crippen LogP contribution in [0.3, 0.4) is 0 Å².